The molecule has 146 valence electrons. The van der Waals surface area contributed by atoms with E-state index in [9.17, 15) is 9.59 Å². The highest BCUT2D eigenvalue weighted by Gasteiger charge is 2.18. The van der Waals surface area contributed by atoms with E-state index < -0.39 is 17.6 Å². The molecule has 0 spiro atoms. The molecule has 2 N–H and O–H groups in total. The van der Waals surface area contributed by atoms with Gasteiger partial charge in [0.1, 0.15) is 11.6 Å². The number of nitrogens with zero attached hydrogens (tertiary/aromatic N) is 3. The van der Waals surface area contributed by atoms with Crippen molar-refractivity contribution in [3.8, 4) is 17.1 Å². The van der Waals surface area contributed by atoms with E-state index in [0.717, 1.165) is 5.56 Å². The third kappa shape index (κ3) is 4.12. The zero-order chi connectivity index (χ0) is 20.4. The molecule has 2 aromatic heterocycles. The summed E-state index contributed by atoms with van der Waals surface area (Å²) in [5.41, 5.74) is 0.302. The number of carbonyl (C=O) groups is 1. The Kier molecular flexibility index (Phi) is 5.01. The number of H-pyrrole nitrogens is 1. The summed E-state index contributed by atoms with van der Waals surface area (Å²) >= 11 is 5.92. The lowest BCUT2D eigenvalue weighted by Crippen LogP contribution is -2.31. The van der Waals surface area contributed by atoms with Crippen LogP contribution >= 0.6 is 11.6 Å². The van der Waals surface area contributed by atoms with Gasteiger partial charge in [-0.25, -0.2) is 0 Å². The molecule has 0 saturated carbocycles. The van der Waals surface area contributed by atoms with E-state index >= 15 is 0 Å². The zero-order valence-electron chi connectivity index (χ0n) is 15.3. The molecule has 2 heterocycles. The first kappa shape index (κ1) is 18.7. The maximum absolute atomic E-state index is 12.6. The van der Waals surface area contributed by atoms with Crippen molar-refractivity contribution >= 4 is 29.1 Å². The first-order chi connectivity index (χ1) is 14.0. The largest absolute Gasteiger partial charge is 0.481 e. The molecule has 2 aromatic carbocycles. The molecule has 1 amide bonds. The van der Waals surface area contributed by atoms with Crippen LogP contribution in [0.5, 0.6) is 5.75 Å². The van der Waals surface area contributed by atoms with Gasteiger partial charge in [0.05, 0.1) is 0 Å². The lowest BCUT2D eigenvalue weighted by Gasteiger charge is -2.14. The monoisotopic (exact) mass is 409 g/mol. The minimum atomic E-state index is -0.786. The second kappa shape index (κ2) is 7.76. The Morgan fingerprint density at radius 1 is 1.17 bits per heavy atom. The number of amides is 1. The van der Waals surface area contributed by atoms with Gasteiger partial charge in [0.15, 0.2) is 11.9 Å². The SMILES string of the molecule is CC(Oc1ccccc1)C(=O)Nc1cc(=O)[nH]c2nc(-c3ccc(Cl)cc3)nn12. The van der Waals surface area contributed by atoms with Gasteiger partial charge in [-0.05, 0) is 43.3 Å². The molecule has 0 aliphatic carbocycles. The van der Waals surface area contributed by atoms with Crippen molar-refractivity contribution < 1.29 is 9.53 Å². The number of nitrogens with one attached hydrogen (secondary N) is 2. The van der Waals surface area contributed by atoms with Crippen LogP contribution in [-0.2, 0) is 4.79 Å². The second-order valence-corrected chi connectivity index (χ2v) is 6.70. The lowest BCUT2D eigenvalue weighted by molar-refractivity contribution is -0.122. The van der Waals surface area contributed by atoms with Crippen LogP contribution in [0.25, 0.3) is 17.2 Å². The number of hydrogen-bond acceptors (Lipinski definition) is 5. The predicted molar refractivity (Wildman–Crippen MR) is 109 cm³/mol. The Hall–Kier alpha value is -3.65. The molecule has 0 fully saturated rings. The van der Waals surface area contributed by atoms with Crippen LogP contribution in [0.15, 0.2) is 65.5 Å². The molecular weight excluding hydrogens is 394 g/mol. The summed E-state index contributed by atoms with van der Waals surface area (Å²) in [5, 5.41) is 7.65. The van der Waals surface area contributed by atoms with Gasteiger partial charge in [-0.2, -0.15) is 9.50 Å². The van der Waals surface area contributed by atoms with Crippen LogP contribution in [0.3, 0.4) is 0 Å². The minimum absolute atomic E-state index is 0.185. The summed E-state index contributed by atoms with van der Waals surface area (Å²) in [4.78, 5) is 31.5. The number of para-hydroxylation sites is 1. The number of carbonyl (C=O) groups excluding carboxylic acids is 1. The number of anilines is 1. The number of halogens is 1. The van der Waals surface area contributed by atoms with Crippen molar-refractivity contribution in [2.24, 2.45) is 0 Å². The fraction of sp³-hybridized carbons (Fsp3) is 0.100. The van der Waals surface area contributed by atoms with Crippen LogP contribution in [0.1, 0.15) is 6.92 Å². The molecule has 8 nitrogen and oxygen atoms in total. The third-order valence-corrected chi connectivity index (χ3v) is 4.37. The lowest BCUT2D eigenvalue weighted by atomic mass is 10.2. The number of benzene rings is 2. The Labute approximate surface area is 170 Å². The van der Waals surface area contributed by atoms with Crippen molar-refractivity contribution in [1.82, 2.24) is 19.6 Å². The van der Waals surface area contributed by atoms with Crippen LogP contribution < -0.4 is 15.6 Å². The Balaban J connectivity index is 1.62. The number of aromatic amines is 1. The molecule has 0 aliphatic rings. The van der Waals surface area contributed by atoms with Gasteiger partial charge in [0.25, 0.3) is 11.5 Å². The second-order valence-electron chi connectivity index (χ2n) is 6.26. The maximum atomic E-state index is 12.6. The van der Waals surface area contributed by atoms with Crippen LogP contribution in [0, 0.1) is 0 Å². The maximum Gasteiger partial charge on any atom is 0.266 e. The number of hydrogen-bond donors (Lipinski definition) is 2. The highest BCUT2D eigenvalue weighted by atomic mass is 35.5. The van der Waals surface area contributed by atoms with Gasteiger partial charge >= 0.3 is 0 Å². The molecule has 0 aliphatic heterocycles. The van der Waals surface area contributed by atoms with Crippen molar-refractivity contribution in [3.63, 3.8) is 0 Å². The molecule has 9 heteroatoms. The van der Waals surface area contributed by atoms with Gasteiger partial charge in [0.2, 0.25) is 5.78 Å². The van der Waals surface area contributed by atoms with Crippen LogP contribution in [-0.4, -0.2) is 31.6 Å². The molecule has 1 unspecified atom stereocenters. The average molecular weight is 410 g/mol. The zero-order valence-corrected chi connectivity index (χ0v) is 16.1. The van der Waals surface area contributed by atoms with E-state index in [4.69, 9.17) is 16.3 Å². The van der Waals surface area contributed by atoms with E-state index in [1.54, 1.807) is 43.3 Å². The van der Waals surface area contributed by atoms with Gasteiger partial charge in [-0.3, -0.25) is 14.6 Å². The van der Waals surface area contributed by atoms with Crippen LogP contribution in [0.2, 0.25) is 5.02 Å². The topological polar surface area (TPSA) is 101 Å². The van der Waals surface area contributed by atoms with Gasteiger partial charge in [0, 0.05) is 16.7 Å². The average Bonchev–Trinajstić information content (AvgIpc) is 3.13. The summed E-state index contributed by atoms with van der Waals surface area (Å²) in [5.74, 6) is 0.910. The fourth-order valence-corrected chi connectivity index (χ4v) is 2.81. The standard InChI is InChI=1S/C20H16ClN5O3/c1-12(29-15-5-3-2-4-6-15)19(28)22-16-11-17(27)23-20-24-18(25-26(16)20)13-7-9-14(21)10-8-13/h2-12H,1H3,(H,22,28)(H,23,24,25,27). The van der Waals surface area contributed by atoms with E-state index in [-0.39, 0.29) is 11.6 Å². The van der Waals surface area contributed by atoms with E-state index in [0.29, 0.717) is 16.6 Å². The summed E-state index contributed by atoms with van der Waals surface area (Å²) in [6.07, 6.45) is -0.786. The number of fused-ring (bicyclic) bond motifs is 1. The molecule has 0 radical (unpaired) electrons. The van der Waals surface area contributed by atoms with Gasteiger partial charge in [-0.1, -0.05) is 29.8 Å². The van der Waals surface area contributed by atoms with E-state index in [1.165, 1.54) is 10.6 Å². The number of ether oxygens (including phenoxy) is 1. The first-order valence-corrected chi connectivity index (χ1v) is 9.16. The van der Waals surface area contributed by atoms with Crippen LogP contribution in [0.4, 0.5) is 5.82 Å². The molecule has 1 atom stereocenters. The van der Waals surface area contributed by atoms with Crippen molar-refractivity contribution in [1.29, 1.82) is 0 Å². The predicted octanol–water partition coefficient (Wildman–Crippen LogP) is 3.14. The van der Waals surface area contributed by atoms with E-state index in [2.05, 4.69) is 20.4 Å². The summed E-state index contributed by atoms with van der Waals surface area (Å²) in [7, 11) is 0. The number of aromatic nitrogens is 4. The smallest absolute Gasteiger partial charge is 0.266 e. The van der Waals surface area contributed by atoms with Gasteiger partial charge in [-0.15, -0.1) is 5.10 Å². The Morgan fingerprint density at radius 2 is 1.90 bits per heavy atom. The molecule has 0 saturated heterocycles. The summed E-state index contributed by atoms with van der Waals surface area (Å²) in [6.45, 7) is 1.62. The molecule has 0 bridgehead atoms. The van der Waals surface area contributed by atoms with Crippen molar-refractivity contribution in [2.45, 2.75) is 13.0 Å². The Morgan fingerprint density at radius 3 is 2.62 bits per heavy atom. The van der Waals surface area contributed by atoms with Crippen molar-refractivity contribution in [3.05, 3.63) is 76.0 Å². The van der Waals surface area contributed by atoms with Crippen molar-refractivity contribution in [2.75, 3.05) is 5.32 Å². The quantitative estimate of drug-likeness (QED) is 0.527. The summed E-state index contributed by atoms with van der Waals surface area (Å²) < 4.78 is 6.98. The minimum Gasteiger partial charge on any atom is -0.481 e. The molecular formula is C20H16ClN5O3. The summed E-state index contributed by atoms with van der Waals surface area (Å²) in [6, 6.07) is 17.2. The highest BCUT2D eigenvalue weighted by Crippen LogP contribution is 2.20. The molecule has 29 heavy (non-hydrogen) atoms. The highest BCUT2D eigenvalue weighted by molar-refractivity contribution is 6.30. The van der Waals surface area contributed by atoms with E-state index in [1.807, 2.05) is 18.2 Å². The fourth-order valence-electron chi connectivity index (χ4n) is 2.69. The Bertz CT molecular complexity index is 1220. The van der Waals surface area contributed by atoms with Gasteiger partial charge < -0.3 is 10.1 Å². The first-order valence-electron chi connectivity index (χ1n) is 8.78. The normalized spacial score (nSPS) is 11.9. The molecule has 4 aromatic rings. The third-order valence-electron chi connectivity index (χ3n) is 4.12. The molecule has 4 rings (SSSR count). The number of rotatable bonds is 5.